The number of benzene rings is 1. The number of nitriles is 1. The molecule has 1 aromatic carbocycles. The molecule has 0 saturated heterocycles. The second kappa shape index (κ2) is 6.43. The van der Waals surface area contributed by atoms with Crippen molar-refractivity contribution >= 4 is 33.5 Å². The number of fused-ring (bicyclic) bond motifs is 2. The van der Waals surface area contributed by atoms with Gasteiger partial charge >= 0.3 is 5.97 Å². The number of rotatable bonds is 2. The normalized spacial score (nSPS) is 21.5. The fourth-order valence-electron chi connectivity index (χ4n) is 3.61. The van der Waals surface area contributed by atoms with Crippen molar-refractivity contribution in [1.82, 2.24) is 0 Å². The Balaban J connectivity index is 2.42. The highest BCUT2D eigenvalue weighted by Gasteiger charge is 2.61. The molecule has 2 aliphatic heterocycles. The Morgan fingerprint density at radius 1 is 1.44 bits per heavy atom. The van der Waals surface area contributed by atoms with Gasteiger partial charge in [-0.15, -0.1) is 0 Å². The van der Waals surface area contributed by atoms with E-state index >= 15 is 0 Å². The minimum absolute atomic E-state index is 0.0318. The molecule has 1 amide bonds. The van der Waals surface area contributed by atoms with Gasteiger partial charge in [0.25, 0.3) is 0 Å². The van der Waals surface area contributed by atoms with E-state index in [9.17, 15) is 14.9 Å². The number of carbonyl (C=O) groups excluding carboxylic acids is 2. The van der Waals surface area contributed by atoms with E-state index in [1.54, 1.807) is 39.1 Å². The van der Waals surface area contributed by atoms with Crippen molar-refractivity contribution in [1.29, 1.82) is 5.26 Å². The molecule has 1 atom stereocenters. The number of nitrogens with two attached hydrogens (primary N) is 1. The predicted octanol–water partition coefficient (Wildman–Crippen LogP) is 2.61. The van der Waals surface area contributed by atoms with Crippen LogP contribution in [0.2, 0.25) is 0 Å². The first-order chi connectivity index (χ1) is 12.7. The number of allylic oxidation sites excluding steroid dienone is 1. The molecule has 0 saturated carbocycles. The highest BCUT2D eigenvalue weighted by atomic mass is 79.9. The fourth-order valence-corrected chi connectivity index (χ4v) is 3.97. The van der Waals surface area contributed by atoms with E-state index in [4.69, 9.17) is 15.2 Å². The molecule has 8 heteroatoms. The van der Waals surface area contributed by atoms with Crippen molar-refractivity contribution in [2.24, 2.45) is 5.73 Å². The van der Waals surface area contributed by atoms with E-state index in [1.165, 1.54) is 11.8 Å². The standard InChI is InChI=1S/C19H18BrN3O4/c1-9(2)26-17(24)15-10(3)27-16(22)13(8-21)19(15)12-7-11(20)5-6-14(12)23(4)18(19)25/h5-7,9H,22H2,1-4H3/t19-/m1/s1. The molecule has 0 unspecified atom stereocenters. The molecule has 2 heterocycles. The van der Waals surface area contributed by atoms with Crippen molar-refractivity contribution < 1.29 is 19.1 Å². The average molecular weight is 432 g/mol. The number of ether oxygens (including phenoxy) is 2. The SMILES string of the molecule is CC1=C(C(=O)OC(C)C)[C@]2(C(=O)N(C)c3ccc(Br)cc32)C(C#N)=C(N)O1. The minimum Gasteiger partial charge on any atom is -0.459 e. The van der Waals surface area contributed by atoms with Crippen molar-refractivity contribution in [3.8, 4) is 6.07 Å². The highest BCUT2D eigenvalue weighted by Crippen LogP contribution is 2.54. The van der Waals surface area contributed by atoms with Gasteiger partial charge in [-0.1, -0.05) is 15.9 Å². The molecule has 2 aliphatic rings. The van der Waals surface area contributed by atoms with Crippen LogP contribution in [-0.2, 0) is 24.5 Å². The molecule has 1 spiro atoms. The summed E-state index contributed by atoms with van der Waals surface area (Å²) in [5.74, 6) is -1.26. The Morgan fingerprint density at radius 3 is 2.70 bits per heavy atom. The number of anilines is 1. The second-order valence-corrected chi connectivity index (χ2v) is 7.53. The smallest absolute Gasteiger partial charge is 0.339 e. The quantitative estimate of drug-likeness (QED) is 0.721. The zero-order chi connectivity index (χ0) is 20.1. The summed E-state index contributed by atoms with van der Waals surface area (Å²) in [4.78, 5) is 27.9. The molecule has 7 nitrogen and oxygen atoms in total. The molecule has 0 bridgehead atoms. The first kappa shape index (κ1) is 19.0. The zero-order valence-electron chi connectivity index (χ0n) is 15.3. The van der Waals surface area contributed by atoms with E-state index in [-0.39, 0.29) is 22.8 Å². The summed E-state index contributed by atoms with van der Waals surface area (Å²) in [6.07, 6.45) is -0.417. The van der Waals surface area contributed by atoms with Gasteiger partial charge in [0.1, 0.15) is 23.0 Å². The van der Waals surface area contributed by atoms with Gasteiger partial charge < -0.3 is 20.1 Å². The number of halogens is 1. The van der Waals surface area contributed by atoms with Crippen molar-refractivity contribution in [3.05, 3.63) is 51.0 Å². The van der Waals surface area contributed by atoms with Crippen molar-refractivity contribution in [3.63, 3.8) is 0 Å². The van der Waals surface area contributed by atoms with Crippen LogP contribution in [0.15, 0.2) is 45.5 Å². The fraction of sp³-hybridized carbons (Fsp3) is 0.316. The maximum Gasteiger partial charge on any atom is 0.339 e. The van der Waals surface area contributed by atoms with Crippen LogP contribution in [0.3, 0.4) is 0 Å². The molecule has 0 aromatic heterocycles. The molecule has 0 radical (unpaired) electrons. The molecule has 3 rings (SSSR count). The Kier molecular flexibility index (Phi) is 4.52. The number of likely N-dealkylation sites (N-methyl/N-ethyl adjacent to an activating group) is 1. The molecule has 27 heavy (non-hydrogen) atoms. The lowest BCUT2D eigenvalue weighted by Crippen LogP contribution is -2.48. The van der Waals surface area contributed by atoms with Crippen LogP contribution < -0.4 is 10.6 Å². The summed E-state index contributed by atoms with van der Waals surface area (Å²) in [7, 11) is 1.59. The van der Waals surface area contributed by atoms with E-state index in [0.717, 1.165) is 0 Å². The van der Waals surface area contributed by atoms with Crippen LogP contribution in [0.25, 0.3) is 0 Å². The summed E-state index contributed by atoms with van der Waals surface area (Å²) in [6, 6.07) is 7.22. The summed E-state index contributed by atoms with van der Waals surface area (Å²) < 4.78 is 11.5. The lowest BCUT2D eigenvalue weighted by atomic mass is 9.68. The number of nitrogens with zero attached hydrogens (tertiary/aromatic N) is 2. The van der Waals surface area contributed by atoms with E-state index in [2.05, 4.69) is 15.9 Å². The van der Waals surface area contributed by atoms with Crippen LogP contribution in [-0.4, -0.2) is 25.0 Å². The monoisotopic (exact) mass is 431 g/mol. The predicted molar refractivity (Wildman–Crippen MR) is 101 cm³/mol. The Bertz CT molecular complexity index is 974. The van der Waals surface area contributed by atoms with E-state index < -0.39 is 23.4 Å². The number of hydrogen-bond acceptors (Lipinski definition) is 6. The van der Waals surface area contributed by atoms with Gasteiger partial charge in [-0.05, 0) is 39.0 Å². The number of esters is 1. The Hall–Kier alpha value is -2.79. The van der Waals surface area contributed by atoms with Gasteiger partial charge in [0.05, 0.1) is 6.10 Å². The average Bonchev–Trinajstić information content (AvgIpc) is 2.77. The zero-order valence-corrected chi connectivity index (χ0v) is 16.9. The molecule has 0 fully saturated rings. The highest BCUT2D eigenvalue weighted by molar-refractivity contribution is 9.10. The second-order valence-electron chi connectivity index (χ2n) is 6.61. The molecule has 140 valence electrons. The lowest BCUT2D eigenvalue weighted by Gasteiger charge is -2.34. The summed E-state index contributed by atoms with van der Waals surface area (Å²) in [5.41, 5.74) is 5.15. The number of hydrogen-bond donors (Lipinski definition) is 1. The Morgan fingerprint density at radius 2 is 2.11 bits per heavy atom. The molecular formula is C19H18BrN3O4. The maximum absolute atomic E-state index is 13.5. The molecular weight excluding hydrogens is 414 g/mol. The molecule has 1 aromatic rings. The summed E-state index contributed by atoms with van der Waals surface area (Å²) in [6.45, 7) is 4.93. The van der Waals surface area contributed by atoms with Crippen LogP contribution in [0.1, 0.15) is 26.3 Å². The third-order valence-electron chi connectivity index (χ3n) is 4.62. The third kappa shape index (κ3) is 2.53. The van der Waals surface area contributed by atoms with Crippen LogP contribution in [0, 0.1) is 11.3 Å². The summed E-state index contributed by atoms with van der Waals surface area (Å²) in [5, 5.41) is 9.83. The van der Waals surface area contributed by atoms with Crippen LogP contribution in [0.4, 0.5) is 5.69 Å². The van der Waals surface area contributed by atoms with Crippen LogP contribution >= 0.6 is 15.9 Å². The van der Waals surface area contributed by atoms with Gasteiger partial charge in [0.2, 0.25) is 11.8 Å². The first-order valence-corrected chi connectivity index (χ1v) is 9.04. The summed E-state index contributed by atoms with van der Waals surface area (Å²) >= 11 is 3.40. The molecule has 0 aliphatic carbocycles. The lowest BCUT2D eigenvalue weighted by molar-refractivity contribution is -0.144. The molecule has 2 N–H and O–H groups in total. The van der Waals surface area contributed by atoms with Crippen LogP contribution in [0.5, 0.6) is 0 Å². The van der Waals surface area contributed by atoms with Crippen molar-refractivity contribution in [2.45, 2.75) is 32.3 Å². The van der Waals surface area contributed by atoms with E-state index in [0.29, 0.717) is 15.7 Å². The topological polar surface area (TPSA) is 106 Å². The first-order valence-electron chi connectivity index (χ1n) is 8.24. The van der Waals surface area contributed by atoms with E-state index in [1.807, 2.05) is 6.07 Å². The van der Waals surface area contributed by atoms with Gasteiger partial charge in [-0.2, -0.15) is 5.26 Å². The van der Waals surface area contributed by atoms with Gasteiger partial charge in [0.15, 0.2) is 5.41 Å². The number of carbonyl (C=O) groups is 2. The largest absolute Gasteiger partial charge is 0.459 e. The Labute approximate surface area is 165 Å². The minimum atomic E-state index is -1.71. The third-order valence-corrected chi connectivity index (χ3v) is 5.11. The number of amides is 1. The van der Waals surface area contributed by atoms with Crippen molar-refractivity contribution in [2.75, 3.05) is 11.9 Å². The van der Waals surface area contributed by atoms with Gasteiger partial charge in [-0.3, -0.25) is 4.79 Å². The maximum atomic E-state index is 13.5. The van der Waals surface area contributed by atoms with Gasteiger partial charge in [0, 0.05) is 22.8 Å². The van der Waals surface area contributed by atoms with Gasteiger partial charge in [-0.25, -0.2) is 4.79 Å².